The third kappa shape index (κ3) is 4.61. The van der Waals surface area contributed by atoms with Gasteiger partial charge in [0.1, 0.15) is 10.8 Å². The van der Waals surface area contributed by atoms with Crippen LogP contribution in [0.4, 0.5) is 0 Å². The number of nitrogens with zero attached hydrogens (tertiary/aromatic N) is 3. The van der Waals surface area contributed by atoms with Gasteiger partial charge in [0, 0.05) is 37.7 Å². The molecular weight excluding hydrogens is 338 g/mol. The first-order chi connectivity index (χ1) is 12.2. The number of amides is 1. The second-order valence-electron chi connectivity index (χ2n) is 6.05. The minimum atomic E-state index is 0.00457. The maximum absolute atomic E-state index is 13.0. The topological polar surface area (TPSA) is 68.5 Å². The molecule has 0 saturated carbocycles. The van der Waals surface area contributed by atoms with Crippen molar-refractivity contribution in [3.05, 3.63) is 41.4 Å². The molecule has 1 unspecified atom stereocenters. The minimum absolute atomic E-state index is 0.00457. The van der Waals surface area contributed by atoms with Gasteiger partial charge in [-0.3, -0.25) is 4.79 Å². The number of likely N-dealkylation sites (N-methyl/N-ethyl adjacent to an activating group) is 1. The lowest BCUT2D eigenvalue weighted by Crippen LogP contribution is -2.37. The Kier molecular flexibility index (Phi) is 6.09. The van der Waals surface area contributed by atoms with Crippen molar-refractivity contribution in [1.29, 1.82) is 0 Å². The van der Waals surface area contributed by atoms with E-state index in [1.54, 1.807) is 12.3 Å². The molecule has 1 atom stereocenters. The van der Waals surface area contributed by atoms with Gasteiger partial charge in [-0.15, -0.1) is 0 Å². The largest absolute Gasteiger partial charge is 0.376 e. The van der Waals surface area contributed by atoms with Crippen LogP contribution in [0.15, 0.2) is 33.9 Å². The number of rotatable bonds is 7. The SMILES string of the molecule is CCN(CC1CCCO1)C(=O)c1cccnc1SCc1cc(C)on1. The Labute approximate surface area is 151 Å². The third-order valence-electron chi connectivity index (χ3n) is 4.15. The summed E-state index contributed by atoms with van der Waals surface area (Å²) >= 11 is 1.50. The molecule has 134 valence electrons. The van der Waals surface area contributed by atoms with Gasteiger partial charge in [-0.1, -0.05) is 16.9 Å². The lowest BCUT2D eigenvalue weighted by molar-refractivity contribution is 0.0536. The normalized spacial score (nSPS) is 17.0. The lowest BCUT2D eigenvalue weighted by atomic mass is 10.2. The van der Waals surface area contributed by atoms with Crippen LogP contribution in [-0.4, -0.2) is 46.7 Å². The van der Waals surface area contributed by atoms with Gasteiger partial charge >= 0.3 is 0 Å². The number of aryl methyl sites for hydroxylation is 1. The average molecular weight is 361 g/mol. The highest BCUT2D eigenvalue weighted by Crippen LogP contribution is 2.25. The molecule has 25 heavy (non-hydrogen) atoms. The summed E-state index contributed by atoms with van der Waals surface area (Å²) in [4.78, 5) is 19.2. The number of carbonyl (C=O) groups excluding carboxylic acids is 1. The third-order valence-corrected chi connectivity index (χ3v) is 5.19. The highest BCUT2D eigenvalue weighted by atomic mass is 32.2. The summed E-state index contributed by atoms with van der Waals surface area (Å²) in [5.41, 5.74) is 1.48. The molecule has 1 aliphatic rings. The van der Waals surface area contributed by atoms with Gasteiger partial charge in [0.05, 0.1) is 17.4 Å². The Hall–Kier alpha value is -1.86. The molecule has 1 fully saturated rings. The molecule has 6 nitrogen and oxygen atoms in total. The van der Waals surface area contributed by atoms with Crippen molar-refractivity contribution in [1.82, 2.24) is 15.0 Å². The Morgan fingerprint density at radius 2 is 2.36 bits per heavy atom. The standard InChI is InChI=1S/C18H23N3O3S/c1-3-21(11-15-6-5-9-23-15)18(22)16-7-4-8-19-17(16)25-12-14-10-13(2)24-20-14/h4,7-8,10,15H,3,5-6,9,11-12H2,1-2H3. The van der Waals surface area contributed by atoms with E-state index in [1.165, 1.54) is 11.8 Å². The second kappa shape index (κ2) is 8.49. The quantitative estimate of drug-likeness (QED) is 0.705. The summed E-state index contributed by atoms with van der Waals surface area (Å²) in [6.45, 7) is 5.94. The Bertz CT molecular complexity index is 713. The molecule has 0 spiro atoms. The van der Waals surface area contributed by atoms with Crippen LogP contribution < -0.4 is 0 Å². The Morgan fingerprint density at radius 3 is 3.04 bits per heavy atom. The van der Waals surface area contributed by atoms with Gasteiger partial charge in [0.15, 0.2) is 0 Å². The van der Waals surface area contributed by atoms with E-state index < -0.39 is 0 Å². The van der Waals surface area contributed by atoms with Crippen molar-refractivity contribution in [3.63, 3.8) is 0 Å². The lowest BCUT2D eigenvalue weighted by Gasteiger charge is -2.24. The zero-order valence-electron chi connectivity index (χ0n) is 14.6. The first-order valence-corrected chi connectivity index (χ1v) is 9.56. The van der Waals surface area contributed by atoms with Crippen LogP contribution in [0.1, 0.15) is 41.6 Å². The summed E-state index contributed by atoms with van der Waals surface area (Å²) in [6.07, 6.45) is 3.95. The summed E-state index contributed by atoms with van der Waals surface area (Å²) < 4.78 is 10.8. The van der Waals surface area contributed by atoms with Crippen molar-refractivity contribution < 1.29 is 14.1 Å². The minimum Gasteiger partial charge on any atom is -0.376 e. The Balaban J connectivity index is 1.70. The molecular formula is C18H23N3O3S. The van der Waals surface area contributed by atoms with Crippen LogP contribution in [0.5, 0.6) is 0 Å². The van der Waals surface area contributed by atoms with Crippen LogP contribution in [0, 0.1) is 6.92 Å². The van der Waals surface area contributed by atoms with Crippen LogP contribution in [0.2, 0.25) is 0 Å². The number of pyridine rings is 1. The average Bonchev–Trinajstić information content (AvgIpc) is 3.29. The van der Waals surface area contributed by atoms with Crippen molar-refractivity contribution in [2.24, 2.45) is 0 Å². The maximum Gasteiger partial charge on any atom is 0.256 e. The zero-order chi connectivity index (χ0) is 17.6. The fourth-order valence-corrected chi connectivity index (χ4v) is 3.72. The van der Waals surface area contributed by atoms with E-state index in [1.807, 2.05) is 30.9 Å². The van der Waals surface area contributed by atoms with Gasteiger partial charge in [0.2, 0.25) is 0 Å². The van der Waals surface area contributed by atoms with Gasteiger partial charge in [0.25, 0.3) is 5.91 Å². The molecule has 1 amide bonds. The fraction of sp³-hybridized carbons (Fsp3) is 0.500. The monoisotopic (exact) mass is 361 g/mol. The number of hydrogen-bond acceptors (Lipinski definition) is 6. The summed E-state index contributed by atoms with van der Waals surface area (Å²) in [5.74, 6) is 1.40. The summed E-state index contributed by atoms with van der Waals surface area (Å²) in [7, 11) is 0. The van der Waals surface area contributed by atoms with Gasteiger partial charge in [-0.05, 0) is 38.8 Å². The van der Waals surface area contributed by atoms with Gasteiger partial charge < -0.3 is 14.2 Å². The molecule has 0 aliphatic carbocycles. The van der Waals surface area contributed by atoms with Crippen LogP contribution in [0.3, 0.4) is 0 Å². The highest BCUT2D eigenvalue weighted by molar-refractivity contribution is 7.98. The van der Waals surface area contributed by atoms with Crippen LogP contribution >= 0.6 is 11.8 Å². The summed E-state index contributed by atoms with van der Waals surface area (Å²) in [5, 5.41) is 4.71. The number of hydrogen-bond donors (Lipinski definition) is 0. The molecule has 3 heterocycles. The predicted octanol–water partition coefficient (Wildman–Crippen LogP) is 3.31. The van der Waals surface area contributed by atoms with E-state index in [0.717, 1.165) is 35.9 Å². The molecule has 3 rings (SSSR count). The van der Waals surface area contributed by atoms with E-state index in [9.17, 15) is 4.79 Å². The molecule has 1 saturated heterocycles. The molecule has 2 aromatic rings. The Morgan fingerprint density at radius 1 is 1.48 bits per heavy atom. The molecule has 0 N–H and O–H groups in total. The molecule has 7 heteroatoms. The molecule has 0 aromatic carbocycles. The van der Waals surface area contributed by atoms with Gasteiger partial charge in [-0.2, -0.15) is 0 Å². The van der Waals surface area contributed by atoms with Crippen molar-refractivity contribution in [2.75, 3.05) is 19.7 Å². The number of aromatic nitrogens is 2. The van der Waals surface area contributed by atoms with Gasteiger partial charge in [-0.25, -0.2) is 4.98 Å². The highest BCUT2D eigenvalue weighted by Gasteiger charge is 2.24. The fourth-order valence-electron chi connectivity index (χ4n) is 2.86. The number of thioether (sulfide) groups is 1. The smallest absolute Gasteiger partial charge is 0.256 e. The van der Waals surface area contributed by atoms with E-state index in [-0.39, 0.29) is 12.0 Å². The van der Waals surface area contributed by atoms with E-state index in [4.69, 9.17) is 9.26 Å². The molecule has 2 aromatic heterocycles. The zero-order valence-corrected chi connectivity index (χ0v) is 15.4. The summed E-state index contributed by atoms with van der Waals surface area (Å²) in [6, 6.07) is 5.54. The van der Waals surface area contributed by atoms with E-state index in [2.05, 4.69) is 10.1 Å². The van der Waals surface area contributed by atoms with Crippen molar-refractivity contribution in [3.8, 4) is 0 Å². The predicted molar refractivity (Wildman–Crippen MR) is 95.6 cm³/mol. The number of carbonyl (C=O) groups is 1. The van der Waals surface area contributed by atoms with E-state index in [0.29, 0.717) is 24.4 Å². The first kappa shape index (κ1) is 17.9. The van der Waals surface area contributed by atoms with E-state index >= 15 is 0 Å². The molecule has 0 bridgehead atoms. The number of ether oxygens (including phenoxy) is 1. The second-order valence-corrected chi connectivity index (χ2v) is 7.02. The van der Waals surface area contributed by atoms with Crippen LogP contribution in [-0.2, 0) is 10.5 Å². The molecule has 1 aliphatic heterocycles. The first-order valence-electron chi connectivity index (χ1n) is 8.58. The van der Waals surface area contributed by atoms with Crippen molar-refractivity contribution in [2.45, 2.75) is 43.6 Å². The van der Waals surface area contributed by atoms with Crippen molar-refractivity contribution >= 4 is 17.7 Å². The van der Waals surface area contributed by atoms with Crippen LogP contribution in [0.25, 0.3) is 0 Å². The molecule has 0 radical (unpaired) electrons. The maximum atomic E-state index is 13.0.